The number of hydrogen-bond acceptors (Lipinski definition) is 6. The molecule has 2 unspecified atom stereocenters. The van der Waals surface area contributed by atoms with E-state index < -0.39 is 21.3 Å². The van der Waals surface area contributed by atoms with E-state index in [2.05, 4.69) is 131 Å². The first-order valence-corrected chi connectivity index (χ1v) is 23.9. The van der Waals surface area contributed by atoms with Gasteiger partial charge in [0.1, 0.15) is 0 Å². The van der Waals surface area contributed by atoms with Crippen molar-refractivity contribution in [1.82, 2.24) is 19.9 Å². The second-order valence-electron chi connectivity index (χ2n) is 15.0. The van der Waals surface area contributed by atoms with E-state index in [1.807, 2.05) is 73.8 Å². The van der Waals surface area contributed by atoms with Crippen molar-refractivity contribution in [3.8, 4) is 0 Å². The Morgan fingerprint density at radius 3 is 1.10 bits per heavy atom. The predicted octanol–water partition coefficient (Wildman–Crippen LogP) is 5.33. The van der Waals surface area contributed by atoms with Crippen LogP contribution in [-0.4, -0.2) is 32.9 Å². The van der Waals surface area contributed by atoms with Crippen LogP contribution in [0.3, 0.4) is 0 Å². The molecule has 4 heterocycles. The Morgan fingerprint density at radius 2 is 0.783 bits per heavy atom. The van der Waals surface area contributed by atoms with Gasteiger partial charge in [0, 0.05) is 0 Å². The maximum absolute atomic E-state index is 6.76. The molecule has 0 aliphatic heterocycles. The molecule has 0 saturated heterocycles. The fraction of sp³-hybridized carbons (Fsp3) is 0.0784. The Hall–Kier alpha value is -5.01. The third-order valence-electron chi connectivity index (χ3n) is 11.5. The number of benzene rings is 2. The minimum atomic E-state index is -3.32. The summed E-state index contributed by atoms with van der Waals surface area (Å²) in [4.78, 5) is 20.3. The van der Waals surface area contributed by atoms with E-state index in [-0.39, 0.29) is 36.6 Å². The van der Waals surface area contributed by atoms with E-state index in [9.17, 15) is 0 Å². The molecule has 4 aliphatic rings. The number of nitrogens with zero attached hydrogens (tertiary/aromatic N) is 4. The van der Waals surface area contributed by atoms with E-state index >= 15 is 0 Å². The molecular formula is C51H36Cl2N4S2Zr. The number of hydrogen-bond donors (Lipinski definition) is 0. The molecule has 2 atom stereocenters. The zero-order chi connectivity index (χ0) is 39.3. The largest absolute Gasteiger partial charge is 1.00 e. The van der Waals surface area contributed by atoms with Crippen molar-refractivity contribution in [3.05, 3.63) is 222 Å². The van der Waals surface area contributed by atoms with Gasteiger partial charge < -0.3 is 24.8 Å². The van der Waals surface area contributed by atoms with Gasteiger partial charge in [-0.3, -0.25) is 0 Å². The van der Waals surface area contributed by atoms with E-state index in [0.29, 0.717) is 0 Å². The van der Waals surface area contributed by atoms with Crippen molar-refractivity contribution in [1.29, 1.82) is 0 Å². The Labute approximate surface area is 381 Å². The summed E-state index contributed by atoms with van der Waals surface area (Å²) in [5, 5.41) is 0. The zero-order valence-corrected chi connectivity index (χ0v) is 38.3. The second kappa shape index (κ2) is 17.5. The van der Waals surface area contributed by atoms with Crippen LogP contribution < -0.4 is 24.8 Å². The quantitative estimate of drug-likeness (QED) is 0.193. The first-order chi connectivity index (χ1) is 28.5. The monoisotopic (exact) mass is 928 g/mol. The number of allylic oxidation sites excluding steroid dienone is 12. The number of thiocarbonyl (C=S) groups is 2. The number of halogens is 2. The molecule has 4 aromatic heterocycles. The number of pyridine rings is 4. The van der Waals surface area contributed by atoms with Crippen LogP contribution in [0.1, 0.15) is 47.2 Å². The maximum atomic E-state index is 6.76. The summed E-state index contributed by atoms with van der Waals surface area (Å²) >= 11 is 10.2. The van der Waals surface area contributed by atoms with Crippen molar-refractivity contribution in [2.45, 2.75) is 13.8 Å². The van der Waals surface area contributed by atoms with Crippen molar-refractivity contribution >= 4 is 70.8 Å². The number of fused-ring (bicyclic) bond motifs is 2. The minimum Gasteiger partial charge on any atom is -1.00 e. The Morgan fingerprint density at radius 1 is 0.450 bits per heavy atom. The average Bonchev–Trinajstić information content (AvgIpc) is 4.02. The standard InChI is InChI=1S/2C24H15N2S.C3H6.2ClH.Zr/c2*27-24-21(18-9-5-11-26-15-18)13-22-19(16-6-2-1-3-7-16)12-20(23(22)24)17-8-4-10-25-14-17;1-3-2;;;/h2*1-12,14-15,22H;1-2H3;2*1H;/q;;;;;+2/p-2. The number of aromatic nitrogens is 4. The summed E-state index contributed by atoms with van der Waals surface area (Å²) in [6.07, 6.45) is 20.1. The summed E-state index contributed by atoms with van der Waals surface area (Å²) in [7, 11) is 0. The summed E-state index contributed by atoms with van der Waals surface area (Å²) in [6, 6.07) is 38.5. The Balaban J connectivity index is 0.00000249. The Bertz CT molecular complexity index is 2710. The van der Waals surface area contributed by atoms with E-state index in [1.165, 1.54) is 43.2 Å². The van der Waals surface area contributed by atoms with Crippen molar-refractivity contribution in [2.24, 2.45) is 11.8 Å². The van der Waals surface area contributed by atoms with Gasteiger partial charge in [-0.25, -0.2) is 0 Å². The zero-order valence-electron chi connectivity index (χ0n) is 32.7. The molecule has 0 spiro atoms. The maximum Gasteiger partial charge on any atom is -1.00 e. The summed E-state index contributed by atoms with van der Waals surface area (Å²) in [6.45, 7) is 4.72. The van der Waals surface area contributed by atoms with Gasteiger partial charge in [0.05, 0.1) is 0 Å². The number of rotatable bonds is 8. The molecule has 0 radical (unpaired) electrons. The molecule has 4 nitrogen and oxygen atoms in total. The normalized spacial score (nSPS) is 17.8. The Kier molecular flexibility index (Phi) is 12.2. The van der Waals surface area contributed by atoms with Crippen LogP contribution in [0.5, 0.6) is 0 Å². The smallest absolute Gasteiger partial charge is 1.00 e. The molecule has 0 N–H and O–H groups in total. The van der Waals surface area contributed by atoms with Crippen LogP contribution in [0.4, 0.5) is 0 Å². The topological polar surface area (TPSA) is 51.6 Å². The van der Waals surface area contributed by atoms with Crippen molar-refractivity contribution in [2.75, 3.05) is 0 Å². The molecule has 9 heteroatoms. The van der Waals surface area contributed by atoms with Gasteiger partial charge in [0.25, 0.3) is 0 Å². The molecule has 4 aliphatic carbocycles. The van der Waals surface area contributed by atoms with Crippen LogP contribution in [0, 0.1) is 11.8 Å². The SMILES string of the molecule is C[C](C)=[Zr+2]([C]1=C(c2cccnc2)C(=S)C2=C(c3cccnc3)C=C(c3ccccc3)C21)[C]1=C(c2cccnc2)C(=S)C2=C(c3cccnc3)C=C(c3ccccc3)C21.[Cl-].[Cl-]. The molecule has 0 amide bonds. The molecule has 2 aromatic carbocycles. The van der Waals surface area contributed by atoms with Crippen molar-refractivity contribution < 1.29 is 46.1 Å². The van der Waals surface area contributed by atoms with Crippen LogP contribution in [-0.2, 0) is 21.3 Å². The summed E-state index contributed by atoms with van der Waals surface area (Å²) in [5.74, 6) is -0.0885. The minimum absolute atomic E-state index is 0. The van der Waals surface area contributed by atoms with Gasteiger partial charge in [0.15, 0.2) is 0 Å². The van der Waals surface area contributed by atoms with Crippen molar-refractivity contribution in [3.63, 3.8) is 0 Å². The van der Waals surface area contributed by atoms with Gasteiger partial charge in [-0.2, -0.15) is 0 Å². The fourth-order valence-electron chi connectivity index (χ4n) is 9.26. The third-order valence-corrected chi connectivity index (χ3v) is 20.1. The molecular weight excluding hydrogens is 895 g/mol. The summed E-state index contributed by atoms with van der Waals surface area (Å²) < 4.78 is 4.35. The molecule has 10 rings (SSSR count). The van der Waals surface area contributed by atoms with Gasteiger partial charge in [-0.1, -0.05) is 0 Å². The molecule has 290 valence electrons. The first kappa shape index (κ1) is 41.7. The average molecular weight is 931 g/mol. The van der Waals surface area contributed by atoms with E-state index in [0.717, 1.165) is 54.3 Å². The van der Waals surface area contributed by atoms with Gasteiger partial charge in [0.2, 0.25) is 0 Å². The predicted molar refractivity (Wildman–Crippen MR) is 242 cm³/mol. The molecule has 0 fully saturated rings. The summed E-state index contributed by atoms with van der Waals surface area (Å²) in [5.41, 5.74) is 16.2. The van der Waals surface area contributed by atoms with E-state index in [4.69, 9.17) is 24.4 Å². The van der Waals surface area contributed by atoms with Gasteiger partial charge in [-0.05, 0) is 0 Å². The first-order valence-electron chi connectivity index (χ1n) is 19.4. The van der Waals surface area contributed by atoms with Crippen LogP contribution in [0.25, 0.3) is 33.4 Å². The second-order valence-corrected chi connectivity index (χ2v) is 22.8. The third kappa shape index (κ3) is 7.01. The molecule has 6 aromatic rings. The van der Waals surface area contributed by atoms with Crippen LogP contribution in [0.15, 0.2) is 189 Å². The molecule has 60 heavy (non-hydrogen) atoms. The molecule has 0 saturated carbocycles. The van der Waals surface area contributed by atoms with Gasteiger partial charge >= 0.3 is 360 Å². The van der Waals surface area contributed by atoms with Crippen LogP contribution in [0.2, 0.25) is 0 Å². The van der Waals surface area contributed by atoms with Gasteiger partial charge in [-0.15, -0.1) is 0 Å². The fourth-order valence-corrected chi connectivity index (χ4v) is 19.4. The van der Waals surface area contributed by atoms with Crippen LogP contribution >= 0.6 is 24.4 Å². The van der Waals surface area contributed by atoms with E-state index in [1.54, 1.807) is 0 Å². The molecule has 0 bridgehead atoms.